The van der Waals surface area contributed by atoms with Crippen LogP contribution in [0.5, 0.6) is 11.5 Å². The molecule has 0 atom stereocenters. The summed E-state index contributed by atoms with van der Waals surface area (Å²) in [7, 11) is -0.945. The highest BCUT2D eigenvalue weighted by Gasteiger charge is 2.28. The molecule has 8 nitrogen and oxygen atoms in total. The van der Waals surface area contributed by atoms with E-state index in [4.69, 9.17) is 21.1 Å². The van der Waals surface area contributed by atoms with Gasteiger partial charge in [0.15, 0.2) is 0 Å². The molecule has 0 aromatic heterocycles. The maximum atomic E-state index is 12.9. The third-order valence-electron chi connectivity index (χ3n) is 4.36. The molecule has 0 aliphatic carbocycles. The lowest BCUT2D eigenvalue weighted by Gasteiger charge is -2.24. The molecule has 0 bridgehead atoms. The van der Waals surface area contributed by atoms with Gasteiger partial charge in [0, 0.05) is 11.2 Å². The molecule has 158 valence electrons. The van der Waals surface area contributed by atoms with Crippen LogP contribution in [0.15, 0.2) is 58.6 Å². The third-order valence-corrected chi connectivity index (χ3v) is 5.93. The summed E-state index contributed by atoms with van der Waals surface area (Å²) in [5.41, 5.74) is 1.26. The van der Waals surface area contributed by atoms with Gasteiger partial charge in [-0.25, -0.2) is 0 Å². The van der Waals surface area contributed by atoms with E-state index in [2.05, 4.69) is 9.71 Å². The highest BCUT2D eigenvalue weighted by atomic mass is 35.5. The Morgan fingerprint density at radius 1 is 1.13 bits per heavy atom. The Bertz CT molecular complexity index is 1130. The van der Waals surface area contributed by atoms with Crippen molar-refractivity contribution in [3.05, 3.63) is 64.8 Å². The summed E-state index contributed by atoms with van der Waals surface area (Å²) < 4.78 is 40.1. The van der Waals surface area contributed by atoms with E-state index in [1.807, 2.05) is 0 Å². The zero-order valence-electron chi connectivity index (χ0n) is 16.5. The van der Waals surface area contributed by atoms with Crippen LogP contribution in [0.1, 0.15) is 12.5 Å². The average molecular weight is 450 g/mol. The van der Waals surface area contributed by atoms with Crippen molar-refractivity contribution >= 4 is 39.1 Å². The number of hydrogen-bond acceptors (Lipinski definition) is 5. The molecule has 0 saturated heterocycles. The Labute approximate surface area is 180 Å². The van der Waals surface area contributed by atoms with E-state index >= 15 is 0 Å². The van der Waals surface area contributed by atoms with Gasteiger partial charge in [-0.1, -0.05) is 23.7 Å². The molecule has 1 aliphatic rings. The first-order chi connectivity index (χ1) is 14.2. The number of rotatable bonds is 6. The maximum Gasteiger partial charge on any atom is 0.344 e. The van der Waals surface area contributed by atoms with Crippen LogP contribution in [0.25, 0.3) is 0 Å². The maximum absolute atomic E-state index is 12.9. The van der Waals surface area contributed by atoms with Gasteiger partial charge in [0.2, 0.25) is 0 Å². The molecule has 1 heterocycles. The van der Waals surface area contributed by atoms with Crippen LogP contribution in [0, 0.1) is 0 Å². The summed E-state index contributed by atoms with van der Waals surface area (Å²) in [5.74, 6) is 0.535. The standard InChI is InChI=1S/C20H20ClN3O5S/c1-13-17(20(25)22-18-10-15(21)6-9-19(18)29-3)12-24(30(26,27)23-13)11-14-4-7-16(28-2)8-5-14/h4-10,12H,11H2,1-3H3,(H,22,25). The van der Waals surface area contributed by atoms with Crippen molar-refractivity contribution in [2.24, 2.45) is 4.40 Å². The molecule has 10 heteroatoms. The van der Waals surface area contributed by atoms with E-state index in [0.29, 0.717) is 27.8 Å². The molecule has 0 radical (unpaired) electrons. The van der Waals surface area contributed by atoms with Gasteiger partial charge in [-0.3, -0.25) is 9.10 Å². The summed E-state index contributed by atoms with van der Waals surface area (Å²) in [4.78, 5) is 12.9. The number of amides is 1. The Kier molecular flexibility index (Phi) is 6.33. The monoisotopic (exact) mass is 449 g/mol. The fourth-order valence-corrected chi connectivity index (χ4v) is 4.08. The van der Waals surface area contributed by atoms with Crippen LogP contribution < -0.4 is 14.8 Å². The molecule has 2 aromatic rings. The number of carbonyl (C=O) groups is 1. The van der Waals surface area contributed by atoms with Gasteiger partial charge >= 0.3 is 10.2 Å². The van der Waals surface area contributed by atoms with Gasteiger partial charge in [0.05, 0.1) is 37.7 Å². The molecule has 1 N–H and O–H groups in total. The summed E-state index contributed by atoms with van der Waals surface area (Å²) >= 11 is 6.00. The molecule has 0 unspecified atom stereocenters. The second-order valence-corrected chi connectivity index (χ2v) is 8.37. The first-order valence-corrected chi connectivity index (χ1v) is 10.6. The van der Waals surface area contributed by atoms with E-state index in [1.54, 1.807) is 49.6 Å². The van der Waals surface area contributed by atoms with Crippen LogP contribution >= 0.6 is 11.6 Å². The summed E-state index contributed by atoms with van der Waals surface area (Å²) in [6, 6.07) is 11.7. The third kappa shape index (κ3) is 4.74. The highest BCUT2D eigenvalue weighted by molar-refractivity contribution is 7.88. The Hall–Kier alpha value is -3.04. The van der Waals surface area contributed by atoms with E-state index in [1.165, 1.54) is 20.2 Å². The number of hydrogen-bond donors (Lipinski definition) is 1. The van der Waals surface area contributed by atoms with Gasteiger partial charge in [-0.05, 0) is 42.8 Å². The Balaban J connectivity index is 1.88. The fraction of sp³-hybridized carbons (Fsp3) is 0.200. The first-order valence-electron chi connectivity index (χ1n) is 8.82. The number of ether oxygens (including phenoxy) is 2. The van der Waals surface area contributed by atoms with Crippen LogP contribution in [-0.4, -0.2) is 38.6 Å². The number of nitrogens with zero attached hydrogens (tertiary/aromatic N) is 2. The second-order valence-electron chi connectivity index (χ2n) is 6.39. The molecule has 0 saturated carbocycles. The van der Waals surface area contributed by atoms with Crippen molar-refractivity contribution in [1.29, 1.82) is 0 Å². The molecule has 30 heavy (non-hydrogen) atoms. The van der Waals surface area contributed by atoms with E-state index in [-0.39, 0.29) is 17.8 Å². The van der Waals surface area contributed by atoms with Crippen LogP contribution in [0.4, 0.5) is 5.69 Å². The summed E-state index contributed by atoms with van der Waals surface area (Å²) in [5, 5.41) is 3.11. The smallest absolute Gasteiger partial charge is 0.344 e. The SMILES string of the molecule is COc1ccc(CN2C=C(C(=O)Nc3cc(Cl)ccc3OC)C(C)=NS2(=O)=O)cc1. The van der Waals surface area contributed by atoms with Crippen molar-refractivity contribution in [2.75, 3.05) is 19.5 Å². The lowest BCUT2D eigenvalue weighted by atomic mass is 10.1. The van der Waals surface area contributed by atoms with E-state index in [0.717, 1.165) is 4.31 Å². The highest BCUT2D eigenvalue weighted by Crippen LogP contribution is 2.29. The normalized spacial score (nSPS) is 15.1. The number of halogens is 1. The zero-order chi connectivity index (χ0) is 21.9. The topological polar surface area (TPSA) is 97.3 Å². The van der Waals surface area contributed by atoms with Gasteiger partial charge in [-0.2, -0.15) is 8.42 Å². The Morgan fingerprint density at radius 2 is 1.83 bits per heavy atom. The van der Waals surface area contributed by atoms with Gasteiger partial charge < -0.3 is 14.8 Å². The molecular weight excluding hydrogens is 430 g/mol. The molecule has 1 amide bonds. The zero-order valence-corrected chi connectivity index (χ0v) is 18.1. The van der Waals surface area contributed by atoms with Crippen LogP contribution in [-0.2, 0) is 21.5 Å². The first kappa shape index (κ1) is 21.7. The number of carbonyl (C=O) groups excluding carboxylic acids is 1. The molecule has 1 aliphatic heterocycles. The van der Waals surface area contributed by atoms with Crippen molar-refractivity contribution in [1.82, 2.24) is 4.31 Å². The van der Waals surface area contributed by atoms with Crippen LogP contribution in [0.2, 0.25) is 5.02 Å². The average Bonchev–Trinajstić information content (AvgIpc) is 2.70. The quantitative estimate of drug-likeness (QED) is 0.728. The van der Waals surface area contributed by atoms with Gasteiger partial charge in [0.25, 0.3) is 5.91 Å². The summed E-state index contributed by atoms with van der Waals surface area (Å²) in [6.45, 7) is 1.48. The van der Waals surface area contributed by atoms with Crippen molar-refractivity contribution in [2.45, 2.75) is 13.5 Å². The molecule has 0 spiro atoms. The molecule has 0 fully saturated rings. The number of nitrogens with one attached hydrogen (secondary N) is 1. The van der Waals surface area contributed by atoms with E-state index < -0.39 is 16.1 Å². The predicted molar refractivity (Wildman–Crippen MR) is 115 cm³/mol. The summed E-state index contributed by atoms with van der Waals surface area (Å²) in [6.07, 6.45) is 1.27. The second kappa shape index (κ2) is 8.76. The van der Waals surface area contributed by atoms with Gasteiger partial charge in [-0.15, -0.1) is 4.40 Å². The largest absolute Gasteiger partial charge is 0.497 e. The van der Waals surface area contributed by atoms with Crippen molar-refractivity contribution in [3.63, 3.8) is 0 Å². The predicted octanol–water partition coefficient (Wildman–Crippen LogP) is 3.40. The number of methoxy groups -OCH3 is 2. The minimum Gasteiger partial charge on any atom is -0.497 e. The van der Waals surface area contributed by atoms with Gasteiger partial charge in [0.1, 0.15) is 11.5 Å². The molecule has 3 rings (SSSR count). The molecular formula is C20H20ClN3O5S. The number of anilines is 1. The fourth-order valence-electron chi connectivity index (χ4n) is 2.81. The minimum atomic E-state index is -3.96. The van der Waals surface area contributed by atoms with E-state index in [9.17, 15) is 13.2 Å². The molecule has 2 aromatic carbocycles. The van der Waals surface area contributed by atoms with Crippen LogP contribution in [0.3, 0.4) is 0 Å². The van der Waals surface area contributed by atoms with Crippen molar-refractivity contribution < 1.29 is 22.7 Å². The lowest BCUT2D eigenvalue weighted by molar-refractivity contribution is -0.112. The van der Waals surface area contributed by atoms with Crippen molar-refractivity contribution in [3.8, 4) is 11.5 Å². The lowest BCUT2D eigenvalue weighted by Crippen LogP contribution is -2.32. The Morgan fingerprint density at radius 3 is 2.47 bits per heavy atom. The number of benzene rings is 2. The minimum absolute atomic E-state index is 0.0143.